The number of hydrogen-bond donors (Lipinski definition) is 10. The fourth-order valence-electron chi connectivity index (χ4n) is 11.6. The molecule has 4 rings (SSSR count). The number of unbranched alkanes of at least 4 members (excludes halogenated alkanes) is 6. The molecule has 20 unspecified atom stereocenters. The predicted octanol–water partition coefficient (Wildman–Crippen LogP) is 7.62. The molecule has 4 aliphatic rings. The normalized spacial score (nSPS) is 29.4. The van der Waals surface area contributed by atoms with Crippen LogP contribution in [0.2, 0.25) is 0 Å². The van der Waals surface area contributed by atoms with E-state index in [4.69, 9.17) is 28.2 Å². The number of ketones is 2. The van der Waals surface area contributed by atoms with Gasteiger partial charge in [0.05, 0.1) is 73.8 Å². The molecule has 0 spiro atoms. The lowest BCUT2D eigenvalue weighted by Gasteiger charge is -2.41. The number of carbonyl (C=O) groups excluding carboxylic acids is 2. The van der Waals surface area contributed by atoms with Crippen molar-refractivity contribution in [2.45, 2.75) is 317 Å². The maximum atomic E-state index is 13.1. The Kier molecular flexibility index (Phi) is 36.1. The number of hydrogen-bond acceptors (Lipinski definition) is 19. The second-order valence-electron chi connectivity index (χ2n) is 25.1. The number of aliphatic hydroxyl groups excluding tert-OH is 9. The van der Waals surface area contributed by atoms with Crippen LogP contribution in [0.1, 0.15) is 207 Å². The summed E-state index contributed by atoms with van der Waals surface area (Å²) in [5.41, 5.74) is 1.29. The van der Waals surface area contributed by atoms with Crippen LogP contribution >= 0.6 is 0 Å². The lowest BCUT2D eigenvalue weighted by Crippen LogP contribution is -2.59. The van der Waals surface area contributed by atoms with Crippen molar-refractivity contribution in [2.75, 3.05) is 6.61 Å². The van der Waals surface area contributed by atoms with Crippen LogP contribution < -0.4 is 0 Å². The van der Waals surface area contributed by atoms with E-state index in [0.29, 0.717) is 49.1 Å². The van der Waals surface area contributed by atoms with Gasteiger partial charge in [0.15, 0.2) is 12.1 Å². The number of epoxide rings is 2. The SMILES string of the molecule is C=CCCC1OC1CC(=C)CCC1OC1CCCCC=CCCC=CCC(C)C=CCC(C)CCCCCCC(=O)CCCC(CC(O)CC(=O)C(O)CCCC(O)C1CC(O)C(OS(=O)(=O)O)C(CC(C)O)O1)OC1OC(CO)C(O)C(O)C1O. The molecule has 0 saturated carbocycles. The highest BCUT2D eigenvalue weighted by molar-refractivity contribution is 7.80. The molecular formula is C65H110O20S. The van der Waals surface area contributed by atoms with E-state index >= 15 is 0 Å². The van der Waals surface area contributed by atoms with Crippen molar-refractivity contribution in [3.63, 3.8) is 0 Å². The standard InChI is InChI=1S/C65H110O20S/c1-6-7-33-55-58(82-55)37-45(4)35-36-56-54(81-56)34-20-14-12-10-8-9-11-13-17-24-43(2)26-21-27-44(3)25-18-15-16-19-28-47(68)29-22-30-49(80-65-63(76)62(75)61(74)60(42-66)84-65)39-48(69)40-52(72)50(70)31-23-32-51(71)57-41-53(73)64(85-86(77,78)79)59(83-57)38-46(5)67/h6,8,10,13,17,21,26,43-44,46,48-51,53-67,69-71,73-76H,1,4,7,9,11-12,14-16,18-20,22-25,27-42H2,2-3,5H3,(H,77,78,79). The third kappa shape index (κ3) is 30.9. The summed E-state index contributed by atoms with van der Waals surface area (Å²) >= 11 is 0. The van der Waals surface area contributed by atoms with Gasteiger partial charge in [0.25, 0.3) is 0 Å². The molecular weight excluding hydrogens is 1130 g/mol. The van der Waals surface area contributed by atoms with Crippen LogP contribution in [0.4, 0.5) is 0 Å². The Balaban J connectivity index is 1.04. The quantitative estimate of drug-likeness (QED) is 0.0121. The van der Waals surface area contributed by atoms with Crippen molar-refractivity contribution >= 4 is 22.0 Å². The smallest absolute Gasteiger partial charge is 0.394 e. The van der Waals surface area contributed by atoms with Gasteiger partial charge in [-0.3, -0.25) is 14.1 Å². The van der Waals surface area contributed by atoms with Gasteiger partial charge < -0.3 is 69.6 Å². The van der Waals surface area contributed by atoms with E-state index in [0.717, 1.165) is 103 Å². The zero-order chi connectivity index (χ0) is 63.2. The van der Waals surface area contributed by atoms with Gasteiger partial charge in [-0.2, -0.15) is 8.42 Å². The predicted molar refractivity (Wildman–Crippen MR) is 326 cm³/mol. The van der Waals surface area contributed by atoms with Gasteiger partial charge in [0.2, 0.25) is 0 Å². The minimum Gasteiger partial charge on any atom is -0.394 e. The molecule has 4 fully saturated rings. The maximum Gasteiger partial charge on any atom is 0.397 e. The van der Waals surface area contributed by atoms with E-state index in [1.165, 1.54) is 25.3 Å². The van der Waals surface area contributed by atoms with Crippen LogP contribution in [0.15, 0.2) is 61.3 Å². The third-order valence-corrected chi connectivity index (χ3v) is 17.4. The lowest BCUT2D eigenvalue weighted by molar-refractivity contribution is -0.313. The minimum absolute atomic E-state index is 0.0204. The topological polar surface area (TPSA) is 333 Å². The van der Waals surface area contributed by atoms with Crippen LogP contribution in [-0.2, 0) is 47.9 Å². The number of rotatable bonds is 49. The monoisotopic (exact) mass is 1240 g/mol. The highest BCUT2D eigenvalue weighted by Gasteiger charge is 2.46. The first kappa shape index (κ1) is 75.8. The zero-order valence-corrected chi connectivity index (χ0v) is 52.5. The Morgan fingerprint density at radius 1 is 0.663 bits per heavy atom. The van der Waals surface area contributed by atoms with Gasteiger partial charge in [-0.1, -0.05) is 101 Å². The summed E-state index contributed by atoms with van der Waals surface area (Å²) in [5.74, 6) is 0.381. The maximum absolute atomic E-state index is 13.1. The first-order chi connectivity index (χ1) is 41.0. The summed E-state index contributed by atoms with van der Waals surface area (Å²) in [6.07, 6.45) is 17.0. The number of aliphatic hydroxyl groups is 9. The molecule has 0 radical (unpaired) electrons. The van der Waals surface area contributed by atoms with Gasteiger partial charge in [-0.05, 0) is 134 Å². The molecule has 4 aliphatic heterocycles. The van der Waals surface area contributed by atoms with E-state index in [-0.39, 0.29) is 57.1 Å². The van der Waals surface area contributed by atoms with Crippen LogP contribution in [0.5, 0.6) is 0 Å². The lowest BCUT2D eigenvalue weighted by atomic mass is 9.90. The third-order valence-electron chi connectivity index (χ3n) is 16.9. The van der Waals surface area contributed by atoms with Gasteiger partial charge >= 0.3 is 10.4 Å². The van der Waals surface area contributed by atoms with Crippen LogP contribution in [-0.4, -0.2) is 187 Å². The van der Waals surface area contributed by atoms with Crippen LogP contribution in [0, 0.1) is 11.8 Å². The fraction of sp³-hybridized carbons (Fsp3) is 0.815. The summed E-state index contributed by atoms with van der Waals surface area (Å²) in [6.45, 7) is 13.3. The average Bonchev–Trinajstić information content (AvgIpc) is 2.65. The Hall–Kier alpha value is -2.65. The molecule has 4 heterocycles. The number of allylic oxidation sites excluding steroid dienone is 7. The van der Waals surface area contributed by atoms with Crippen molar-refractivity contribution in [3.8, 4) is 0 Å². The molecule has 21 heteroatoms. The van der Waals surface area contributed by atoms with Crippen LogP contribution in [0.3, 0.4) is 0 Å². The molecule has 0 aromatic carbocycles. The highest BCUT2D eigenvalue weighted by Crippen LogP contribution is 2.36. The summed E-state index contributed by atoms with van der Waals surface area (Å²) in [5, 5.41) is 94.1. The number of carbonyl (C=O) groups is 2. The van der Waals surface area contributed by atoms with Crippen molar-refractivity contribution in [2.24, 2.45) is 11.8 Å². The van der Waals surface area contributed by atoms with E-state index in [2.05, 4.69) is 67.6 Å². The second-order valence-corrected chi connectivity index (χ2v) is 26.1. The molecule has 0 aliphatic carbocycles. The van der Waals surface area contributed by atoms with Crippen molar-refractivity contribution < 1.29 is 96.4 Å². The summed E-state index contributed by atoms with van der Waals surface area (Å²) in [7, 11) is -4.98. The molecule has 86 heavy (non-hydrogen) atoms. The van der Waals surface area contributed by atoms with Crippen molar-refractivity contribution in [3.05, 3.63) is 61.3 Å². The Labute approximate surface area is 513 Å². The highest BCUT2D eigenvalue weighted by atomic mass is 32.3. The summed E-state index contributed by atoms with van der Waals surface area (Å²) in [6, 6.07) is 0. The molecule has 10 N–H and O–H groups in total. The molecule has 0 aromatic heterocycles. The van der Waals surface area contributed by atoms with E-state index in [9.17, 15) is 64.0 Å². The van der Waals surface area contributed by atoms with E-state index in [1.807, 2.05) is 6.08 Å². The van der Waals surface area contributed by atoms with Gasteiger partial charge in [0, 0.05) is 38.5 Å². The van der Waals surface area contributed by atoms with Gasteiger partial charge in [-0.25, -0.2) is 4.18 Å². The second kappa shape index (κ2) is 41.0. The van der Waals surface area contributed by atoms with E-state index in [1.54, 1.807) is 0 Å². The fourth-order valence-corrected chi connectivity index (χ4v) is 12.1. The van der Waals surface area contributed by atoms with Crippen molar-refractivity contribution in [1.29, 1.82) is 0 Å². The Bertz CT molecular complexity index is 2140. The summed E-state index contributed by atoms with van der Waals surface area (Å²) < 4.78 is 65.4. The Morgan fingerprint density at radius 3 is 2.07 bits per heavy atom. The summed E-state index contributed by atoms with van der Waals surface area (Å²) in [4.78, 5) is 26.0. The molecule has 4 saturated heterocycles. The minimum atomic E-state index is -4.98. The largest absolute Gasteiger partial charge is 0.397 e. The van der Waals surface area contributed by atoms with Crippen LogP contribution in [0.25, 0.3) is 0 Å². The van der Waals surface area contributed by atoms with E-state index < -0.39 is 115 Å². The first-order valence-corrected chi connectivity index (χ1v) is 33.6. The first-order valence-electron chi connectivity index (χ1n) is 32.2. The number of ether oxygens (including phenoxy) is 5. The number of Topliss-reactive ketones (excluding diaryl/α,β-unsaturated/α-hetero) is 2. The van der Waals surface area contributed by atoms with Gasteiger partial charge in [0.1, 0.15) is 42.4 Å². The molecule has 20 atom stereocenters. The zero-order valence-electron chi connectivity index (χ0n) is 51.7. The molecule has 20 nitrogen and oxygen atoms in total. The molecule has 496 valence electrons. The molecule has 0 aromatic rings. The molecule has 0 bridgehead atoms. The Morgan fingerprint density at radius 2 is 1.35 bits per heavy atom. The average molecular weight is 1240 g/mol. The molecule has 0 amide bonds. The van der Waals surface area contributed by atoms with Gasteiger partial charge in [-0.15, -0.1) is 6.58 Å². The van der Waals surface area contributed by atoms with Crippen molar-refractivity contribution in [1.82, 2.24) is 0 Å².